The number of nitrogens with zero attached hydrogens (tertiary/aromatic N) is 1. The maximum atomic E-state index is 13.7. The fraction of sp³-hybridized carbons (Fsp3) is 0.826. The molecule has 10 atom stereocenters. The summed E-state index contributed by atoms with van der Waals surface area (Å²) in [4.78, 5) is 29.2. The third-order valence-electron chi connectivity index (χ3n) is 11.4. The normalized spacial score (nSPS) is 29.6. The predicted octanol–water partition coefficient (Wildman–Crippen LogP) is 6.52. The standard InChI is InChI=1S/C46H79NO12/c1-10-39(55-29-26-51-12-3)37(8)45-40(57-45)31-34(5)15-14-16-35(6)44-36(7)17-18-41(58-43(49)33-47-21-23-53-24-22-47)46(9,56-30-27-52-13-4)20-19-38(32-42(48)59-44)54-28-25-50-11-2/h14-18,34,36-41,44-45H,10-13,19-33H2,1-9H3/b15-14+,18-17+,35-16+. The molecule has 0 bridgehead atoms. The number of hydrogen-bond acceptors (Lipinski definition) is 13. The van der Waals surface area contributed by atoms with Crippen LogP contribution in [0.1, 0.15) is 94.4 Å². The average Bonchev–Trinajstić information content (AvgIpc) is 3.99. The zero-order valence-electron chi connectivity index (χ0n) is 37.9. The van der Waals surface area contributed by atoms with Crippen LogP contribution in [0.2, 0.25) is 0 Å². The topological polar surface area (TPSA) is 133 Å². The van der Waals surface area contributed by atoms with Gasteiger partial charge < -0.3 is 47.4 Å². The van der Waals surface area contributed by atoms with Crippen LogP contribution in [0, 0.1) is 17.8 Å². The van der Waals surface area contributed by atoms with E-state index >= 15 is 0 Å². The molecule has 3 heterocycles. The second-order valence-corrected chi connectivity index (χ2v) is 16.3. The summed E-state index contributed by atoms with van der Waals surface area (Å²) in [7, 11) is 0. The van der Waals surface area contributed by atoms with Crippen LogP contribution in [0.25, 0.3) is 0 Å². The monoisotopic (exact) mass is 838 g/mol. The van der Waals surface area contributed by atoms with Gasteiger partial charge in [0.05, 0.1) is 90.2 Å². The van der Waals surface area contributed by atoms with Gasteiger partial charge in [0.15, 0.2) is 0 Å². The third kappa shape index (κ3) is 19.2. The highest BCUT2D eigenvalue weighted by molar-refractivity contribution is 5.72. The van der Waals surface area contributed by atoms with E-state index in [1.54, 1.807) is 0 Å². The van der Waals surface area contributed by atoms with Crippen molar-refractivity contribution in [1.82, 2.24) is 4.90 Å². The van der Waals surface area contributed by atoms with Gasteiger partial charge in [-0.05, 0) is 77.9 Å². The van der Waals surface area contributed by atoms with Crippen LogP contribution >= 0.6 is 0 Å². The van der Waals surface area contributed by atoms with Crippen molar-refractivity contribution in [1.29, 1.82) is 0 Å². The van der Waals surface area contributed by atoms with Crippen molar-refractivity contribution >= 4 is 11.9 Å². The summed E-state index contributed by atoms with van der Waals surface area (Å²) in [6, 6.07) is 0. The van der Waals surface area contributed by atoms with Crippen LogP contribution in [0.5, 0.6) is 0 Å². The first-order valence-corrected chi connectivity index (χ1v) is 22.4. The minimum atomic E-state index is -0.936. The quantitative estimate of drug-likeness (QED) is 0.0308. The second-order valence-electron chi connectivity index (χ2n) is 16.3. The first-order chi connectivity index (χ1) is 28.4. The molecule has 2 saturated heterocycles. The lowest BCUT2D eigenvalue weighted by atomic mass is 9.88. The van der Waals surface area contributed by atoms with E-state index in [4.69, 9.17) is 47.4 Å². The van der Waals surface area contributed by atoms with Crippen molar-refractivity contribution in [2.75, 3.05) is 92.3 Å². The Morgan fingerprint density at radius 3 is 2.32 bits per heavy atom. The Morgan fingerprint density at radius 2 is 1.64 bits per heavy atom. The number of esters is 2. The Morgan fingerprint density at radius 1 is 0.966 bits per heavy atom. The molecule has 3 aliphatic heterocycles. The highest BCUT2D eigenvalue weighted by Crippen LogP contribution is 2.37. The molecule has 0 aromatic rings. The minimum Gasteiger partial charge on any atom is -0.457 e. The minimum absolute atomic E-state index is 0.0626. The summed E-state index contributed by atoms with van der Waals surface area (Å²) >= 11 is 0. The van der Waals surface area contributed by atoms with E-state index in [2.05, 4.69) is 26.8 Å². The van der Waals surface area contributed by atoms with E-state index in [1.165, 1.54) is 0 Å². The van der Waals surface area contributed by atoms with Gasteiger partial charge in [-0.1, -0.05) is 52.0 Å². The van der Waals surface area contributed by atoms with Crippen LogP contribution in [-0.4, -0.2) is 151 Å². The summed E-state index contributed by atoms with van der Waals surface area (Å²) in [6.07, 6.45) is 11.7. The van der Waals surface area contributed by atoms with E-state index in [9.17, 15) is 9.59 Å². The number of carbonyl (C=O) groups excluding carboxylic acids is 2. The van der Waals surface area contributed by atoms with E-state index in [0.29, 0.717) is 105 Å². The first-order valence-electron chi connectivity index (χ1n) is 22.4. The molecule has 0 N–H and O–H groups in total. The van der Waals surface area contributed by atoms with Gasteiger partial charge in [-0.3, -0.25) is 14.5 Å². The molecule has 3 aliphatic rings. The van der Waals surface area contributed by atoms with Crippen LogP contribution in [0.3, 0.4) is 0 Å². The van der Waals surface area contributed by atoms with Gasteiger partial charge in [-0.25, -0.2) is 0 Å². The second kappa shape index (κ2) is 28.4. The molecule has 0 aliphatic carbocycles. The number of cyclic esters (lactones) is 1. The molecule has 3 rings (SSSR count). The van der Waals surface area contributed by atoms with Gasteiger partial charge in [0.2, 0.25) is 0 Å². The van der Waals surface area contributed by atoms with E-state index in [0.717, 1.165) is 18.4 Å². The van der Waals surface area contributed by atoms with Gasteiger partial charge in [-0.2, -0.15) is 0 Å². The zero-order valence-corrected chi connectivity index (χ0v) is 37.9. The molecule has 0 saturated carbocycles. The van der Waals surface area contributed by atoms with Crippen molar-refractivity contribution in [3.63, 3.8) is 0 Å². The molecular formula is C46H79NO12. The zero-order chi connectivity index (χ0) is 43.0. The first kappa shape index (κ1) is 51.2. The van der Waals surface area contributed by atoms with Gasteiger partial charge in [0, 0.05) is 44.7 Å². The Labute approximate surface area is 355 Å². The van der Waals surface area contributed by atoms with Crippen molar-refractivity contribution in [3.05, 3.63) is 36.0 Å². The van der Waals surface area contributed by atoms with Gasteiger partial charge >= 0.3 is 11.9 Å². The number of allylic oxidation sites excluding steroid dienone is 3. The Balaban J connectivity index is 1.80. The fourth-order valence-electron chi connectivity index (χ4n) is 7.74. The molecule has 0 spiro atoms. The summed E-state index contributed by atoms with van der Waals surface area (Å²) in [5.41, 5.74) is -0.0424. The number of epoxide rings is 1. The predicted molar refractivity (Wildman–Crippen MR) is 227 cm³/mol. The van der Waals surface area contributed by atoms with Gasteiger partial charge in [-0.15, -0.1) is 0 Å². The molecule has 13 nitrogen and oxygen atoms in total. The van der Waals surface area contributed by atoms with Gasteiger partial charge in [0.1, 0.15) is 17.8 Å². The van der Waals surface area contributed by atoms with Crippen molar-refractivity contribution in [2.45, 2.75) is 137 Å². The lowest BCUT2D eigenvalue weighted by Crippen LogP contribution is -2.47. The maximum Gasteiger partial charge on any atom is 0.320 e. The molecule has 0 amide bonds. The number of carbonyl (C=O) groups is 2. The number of hydrogen-bond donors (Lipinski definition) is 0. The number of rotatable bonds is 26. The van der Waals surface area contributed by atoms with Crippen molar-refractivity contribution in [2.24, 2.45) is 17.8 Å². The fourth-order valence-corrected chi connectivity index (χ4v) is 7.74. The molecule has 13 heteroatoms. The smallest absolute Gasteiger partial charge is 0.320 e. The number of ether oxygens (including phenoxy) is 10. The highest BCUT2D eigenvalue weighted by Gasteiger charge is 2.45. The van der Waals surface area contributed by atoms with Crippen LogP contribution in [-0.2, 0) is 57.0 Å². The third-order valence-corrected chi connectivity index (χ3v) is 11.4. The molecule has 0 aromatic heterocycles. The SMILES string of the molecule is CCOCCOC1CCC(C)(OCCOCC)C(OC(=O)CN2CCOCC2)/C=C/C(C)C(/C(C)=C/C=C/C(C)CC2OC2C(C)C(CC)OCCOCC)OC(=O)C1. The van der Waals surface area contributed by atoms with E-state index < -0.39 is 23.9 Å². The summed E-state index contributed by atoms with van der Waals surface area (Å²) in [6.45, 7) is 25.5. The summed E-state index contributed by atoms with van der Waals surface area (Å²) < 4.78 is 59.7. The van der Waals surface area contributed by atoms with Crippen molar-refractivity contribution < 1.29 is 57.0 Å². The highest BCUT2D eigenvalue weighted by atomic mass is 16.6. The molecule has 10 unspecified atom stereocenters. The van der Waals surface area contributed by atoms with Crippen LogP contribution in [0.15, 0.2) is 36.0 Å². The van der Waals surface area contributed by atoms with E-state index in [-0.39, 0.29) is 55.1 Å². The Kier molecular flexibility index (Phi) is 24.6. The maximum absolute atomic E-state index is 13.7. The van der Waals surface area contributed by atoms with Crippen LogP contribution < -0.4 is 0 Å². The lowest BCUT2D eigenvalue weighted by molar-refractivity contribution is -0.171. The molecule has 59 heavy (non-hydrogen) atoms. The summed E-state index contributed by atoms with van der Waals surface area (Å²) in [5, 5.41) is 0. The molecule has 2 fully saturated rings. The van der Waals surface area contributed by atoms with Gasteiger partial charge in [0.25, 0.3) is 0 Å². The lowest BCUT2D eigenvalue weighted by Gasteiger charge is -2.38. The molecular weight excluding hydrogens is 759 g/mol. The van der Waals surface area contributed by atoms with Crippen molar-refractivity contribution in [3.8, 4) is 0 Å². The molecule has 340 valence electrons. The van der Waals surface area contributed by atoms with Crippen LogP contribution in [0.4, 0.5) is 0 Å². The average molecular weight is 838 g/mol. The summed E-state index contributed by atoms with van der Waals surface area (Å²) in [5.74, 6) is -0.350. The largest absolute Gasteiger partial charge is 0.457 e. The van der Waals surface area contributed by atoms with E-state index in [1.807, 2.05) is 70.7 Å². The Hall–Kier alpha value is -2.20. The Bertz CT molecular complexity index is 1270. The number of morpholine rings is 1. The molecule has 0 aromatic carbocycles. The molecule has 0 radical (unpaired) electrons.